The maximum absolute atomic E-state index is 11.1. The number of carbonyl (C=O) groups excluding carboxylic acids is 1. The van der Waals surface area contributed by atoms with E-state index < -0.39 is 0 Å². The van der Waals surface area contributed by atoms with E-state index >= 15 is 0 Å². The van der Waals surface area contributed by atoms with Crippen molar-refractivity contribution in [2.75, 3.05) is 10.6 Å². The predicted molar refractivity (Wildman–Crippen MR) is 97.2 cm³/mol. The summed E-state index contributed by atoms with van der Waals surface area (Å²) in [6.45, 7) is 5.23. The average Bonchev–Trinajstić information content (AvgIpc) is 3.16. The Balaban J connectivity index is 1.64. The third kappa shape index (κ3) is 4.77. The van der Waals surface area contributed by atoms with Gasteiger partial charge in [0.25, 0.3) is 0 Å². The minimum atomic E-state index is -0.114. The van der Waals surface area contributed by atoms with Gasteiger partial charge in [-0.1, -0.05) is 34.3 Å². The second-order valence-electron chi connectivity index (χ2n) is 5.20. The van der Waals surface area contributed by atoms with Gasteiger partial charge in [0, 0.05) is 18.3 Å². The van der Waals surface area contributed by atoms with E-state index in [4.69, 9.17) is 4.52 Å². The van der Waals surface area contributed by atoms with Crippen LogP contribution in [-0.4, -0.2) is 26.2 Å². The van der Waals surface area contributed by atoms with Gasteiger partial charge in [-0.15, -0.1) is 10.2 Å². The summed E-state index contributed by atoms with van der Waals surface area (Å²) in [6.07, 6.45) is 0. The van der Waals surface area contributed by atoms with Crippen molar-refractivity contribution in [3.8, 4) is 0 Å². The third-order valence-corrected chi connectivity index (χ3v) is 5.02. The van der Waals surface area contributed by atoms with Crippen molar-refractivity contribution in [2.24, 2.45) is 0 Å². The van der Waals surface area contributed by atoms with Gasteiger partial charge in [-0.3, -0.25) is 4.79 Å². The fourth-order valence-electron chi connectivity index (χ4n) is 1.99. The Bertz CT molecular complexity index is 878. The Kier molecular flexibility index (Phi) is 5.29. The van der Waals surface area contributed by atoms with E-state index in [0.717, 1.165) is 15.7 Å². The molecule has 0 saturated carbocycles. The van der Waals surface area contributed by atoms with Crippen molar-refractivity contribution in [1.82, 2.24) is 20.3 Å². The molecule has 0 aliphatic carbocycles. The van der Waals surface area contributed by atoms with Crippen LogP contribution in [0, 0.1) is 6.92 Å². The molecule has 0 unspecified atom stereocenters. The molecule has 3 aromatic rings. The van der Waals surface area contributed by atoms with E-state index in [1.54, 1.807) is 6.92 Å². The van der Waals surface area contributed by atoms with E-state index in [2.05, 4.69) is 31.0 Å². The number of thioether (sulfide) groups is 1. The number of benzene rings is 1. The van der Waals surface area contributed by atoms with Crippen LogP contribution in [0.4, 0.5) is 16.5 Å². The summed E-state index contributed by atoms with van der Waals surface area (Å²) in [5.74, 6) is 1.06. The van der Waals surface area contributed by atoms with Gasteiger partial charge in [0.05, 0.1) is 5.25 Å². The Hall–Kier alpha value is -2.46. The van der Waals surface area contributed by atoms with Crippen molar-refractivity contribution in [2.45, 2.75) is 30.4 Å². The van der Waals surface area contributed by atoms with Crippen LogP contribution in [0.15, 0.2) is 33.1 Å². The molecule has 1 amide bonds. The Labute approximate surface area is 152 Å². The summed E-state index contributed by atoms with van der Waals surface area (Å²) < 4.78 is 5.97. The van der Waals surface area contributed by atoms with Gasteiger partial charge in [-0.2, -0.15) is 4.98 Å². The van der Waals surface area contributed by atoms with E-state index in [9.17, 15) is 4.79 Å². The smallest absolute Gasteiger partial charge is 0.239 e. The summed E-state index contributed by atoms with van der Waals surface area (Å²) in [6, 6.07) is 7.40. The molecule has 0 bridgehead atoms. The fourth-order valence-corrected chi connectivity index (χ4v) is 3.94. The molecule has 0 spiro atoms. The maximum atomic E-state index is 11.1. The molecule has 3 rings (SSSR count). The van der Waals surface area contributed by atoms with Crippen LogP contribution in [0.1, 0.15) is 30.8 Å². The highest BCUT2D eigenvalue weighted by Crippen LogP contribution is 2.37. The zero-order valence-electron chi connectivity index (χ0n) is 13.8. The molecule has 2 heterocycles. The minimum Gasteiger partial charge on any atom is -0.338 e. The molecule has 25 heavy (non-hydrogen) atoms. The van der Waals surface area contributed by atoms with Crippen LogP contribution in [0.5, 0.6) is 0 Å². The molecule has 1 aromatic carbocycles. The zero-order valence-corrected chi connectivity index (χ0v) is 15.4. The van der Waals surface area contributed by atoms with Crippen LogP contribution in [0.25, 0.3) is 0 Å². The lowest BCUT2D eigenvalue weighted by molar-refractivity contribution is -0.114. The molecular formula is C15H16N6O2S2. The zero-order chi connectivity index (χ0) is 17.8. The standard InChI is InChI=1S/C15H16N6O2S2/c1-8(13-16-9(2)21-23-13)24-15-20-19-14(25-15)18-12-6-4-5-11(7-12)17-10(3)22/h4-8H,1-3H3,(H,17,22)(H,18,19)/t8-/m1/s1. The topological polar surface area (TPSA) is 106 Å². The molecule has 1 atom stereocenters. The molecule has 0 aliphatic rings. The van der Waals surface area contributed by atoms with Crippen LogP contribution < -0.4 is 10.6 Å². The third-order valence-electron chi connectivity index (χ3n) is 3.01. The second kappa shape index (κ2) is 7.62. The number of anilines is 3. The van der Waals surface area contributed by atoms with Gasteiger partial charge in [-0.25, -0.2) is 0 Å². The Morgan fingerprint density at radius 3 is 2.84 bits per heavy atom. The first-order valence-electron chi connectivity index (χ1n) is 7.44. The highest BCUT2D eigenvalue weighted by Gasteiger charge is 2.17. The summed E-state index contributed by atoms with van der Waals surface area (Å²) >= 11 is 2.93. The molecule has 0 radical (unpaired) electrons. The summed E-state index contributed by atoms with van der Waals surface area (Å²) in [4.78, 5) is 15.4. The largest absolute Gasteiger partial charge is 0.338 e. The van der Waals surface area contributed by atoms with Crippen molar-refractivity contribution < 1.29 is 9.32 Å². The summed E-state index contributed by atoms with van der Waals surface area (Å²) in [5.41, 5.74) is 1.54. The Morgan fingerprint density at radius 2 is 2.12 bits per heavy atom. The first-order chi connectivity index (χ1) is 12.0. The van der Waals surface area contributed by atoms with Gasteiger partial charge < -0.3 is 15.2 Å². The van der Waals surface area contributed by atoms with Crippen LogP contribution >= 0.6 is 23.1 Å². The first kappa shape index (κ1) is 17.4. The van der Waals surface area contributed by atoms with Crippen LogP contribution in [0.2, 0.25) is 0 Å². The van der Waals surface area contributed by atoms with Gasteiger partial charge in [-0.05, 0) is 32.0 Å². The molecule has 2 aromatic heterocycles. The van der Waals surface area contributed by atoms with Crippen molar-refractivity contribution in [3.05, 3.63) is 36.0 Å². The van der Waals surface area contributed by atoms with Gasteiger partial charge in [0.2, 0.25) is 16.9 Å². The number of nitrogens with zero attached hydrogens (tertiary/aromatic N) is 4. The van der Waals surface area contributed by atoms with E-state index in [1.165, 1.54) is 30.0 Å². The quantitative estimate of drug-likeness (QED) is 0.626. The van der Waals surface area contributed by atoms with E-state index in [1.807, 2.05) is 31.2 Å². The lowest BCUT2D eigenvalue weighted by Crippen LogP contribution is -2.05. The van der Waals surface area contributed by atoms with Crippen LogP contribution in [-0.2, 0) is 4.79 Å². The fraction of sp³-hybridized carbons (Fsp3) is 0.267. The minimum absolute atomic E-state index is 0.00917. The number of rotatable bonds is 6. The van der Waals surface area contributed by atoms with Crippen molar-refractivity contribution >= 4 is 45.5 Å². The number of nitrogens with one attached hydrogen (secondary N) is 2. The van der Waals surface area contributed by atoms with Crippen molar-refractivity contribution in [3.63, 3.8) is 0 Å². The lowest BCUT2D eigenvalue weighted by Gasteiger charge is -2.05. The van der Waals surface area contributed by atoms with E-state index in [0.29, 0.717) is 16.8 Å². The SMILES string of the molecule is CC(=O)Nc1cccc(Nc2nnc(S[C@H](C)c3nc(C)no3)s2)c1. The molecular weight excluding hydrogens is 360 g/mol. The van der Waals surface area contributed by atoms with Crippen molar-refractivity contribution in [1.29, 1.82) is 0 Å². The average molecular weight is 376 g/mol. The molecule has 10 heteroatoms. The highest BCUT2D eigenvalue weighted by atomic mass is 32.2. The first-order valence-corrected chi connectivity index (χ1v) is 9.14. The lowest BCUT2D eigenvalue weighted by atomic mass is 10.3. The van der Waals surface area contributed by atoms with Gasteiger partial charge in [0.1, 0.15) is 0 Å². The molecule has 0 fully saturated rings. The molecule has 8 nitrogen and oxygen atoms in total. The molecule has 0 saturated heterocycles. The molecule has 130 valence electrons. The summed E-state index contributed by atoms with van der Waals surface area (Å²) in [7, 11) is 0. The number of hydrogen-bond donors (Lipinski definition) is 2. The number of aryl methyl sites for hydroxylation is 1. The monoisotopic (exact) mass is 376 g/mol. The van der Waals surface area contributed by atoms with Gasteiger partial charge >= 0.3 is 0 Å². The normalized spacial score (nSPS) is 12.0. The molecule has 2 N–H and O–H groups in total. The summed E-state index contributed by atoms with van der Waals surface area (Å²) in [5, 5.41) is 18.7. The number of amides is 1. The second-order valence-corrected chi connectivity index (χ2v) is 7.77. The Morgan fingerprint density at radius 1 is 1.32 bits per heavy atom. The predicted octanol–water partition coefficient (Wildman–Crippen LogP) is 3.78. The number of carbonyl (C=O) groups is 1. The number of hydrogen-bond acceptors (Lipinski definition) is 9. The number of aromatic nitrogens is 4. The van der Waals surface area contributed by atoms with Crippen LogP contribution in [0.3, 0.4) is 0 Å². The highest BCUT2D eigenvalue weighted by molar-refractivity contribution is 8.01. The molecule has 0 aliphatic heterocycles. The van der Waals surface area contributed by atoms with Gasteiger partial charge in [0.15, 0.2) is 10.2 Å². The van der Waals surface area contributed by atoms with E-state index in [-0.39, 0.29) is 11.2 Å². The maximum Gasteiger partial charge on any atom is 0.239 e.